The van der Waals surface area contributed by atoms with E-state index in [1.165, 1.54) is 6.07 Å². The fourth-order valence-corrected chi connectivity index (χ4v) is 3.52. The van der Waals surface area contributed by atoms with Gasteiger partial charge in [-0.2, -0.15) is 0 Å². The first kappa shape index (κ1) is 15.7. The topological polar surface area (TPSA) is 84.7 Å². The van der Waals surface area contributed by atoms with Crippen molar-refractivity contribution < 1.29 is 13.2 Å². The molecule has 1 saturated heterocycles. The van der Waals surface area contributed by atoms with E-state index in [1.54, 1.807) is 12.1 Å². The van der Waals surface area contributed by atoms with Crippen LogP contribution in [-0.4, -0.2) is 52.7 Å². The molecule has 1 aromatic carbocycles. The Labute approximate surface area is 127 Å². The summed E-state index contributed by atoms with van der Waals surface area (Å²) in [6.45, 7) is 4.10. The van der Waals surface area contributed by atoms with E-state index in [-0.39, 0.29) is 10.6 Å². The lowest BCUT2D eigenvalue weighted by Gasteiger charge is -2.26. The number of benzene rings is 1. The van der Waals surface area contributed by atoms with E-state index in [9.17, 15) is 8.42 Å². The van der Waals surface area contributed by atoms with Crippen LogP contribution in [0.2, 0.25) is 0 Å². The van der Waals surface area contributed by atoms with Crippen molar-refractivity contribution in [1.29, 1.82) is 0 Å². The first-order valence-corrected chi connectivity index (χ1v) is 8.61. The van der Waals surface area contributed by atoms with Crippen molar-refractivity contribution >= 4 is 31.6 Å². The third-order valence-corrected chi connectivity index (χ3v) is 5.11. The molecule has 6 nitrogen and oxygen atoms in total. The van der Waals surface area contributed by atoms with Crippen LogP contribution < -0.4 is 10.5 Å². The normalized spacial score (nSPS) is 17.2. The third kappa shape index (κ3) is 4.16. The molecule has 0 aliphatic carbocycles. The molecule has 8 heteroatoms. The number of sulfonamides is 1. The first-order valence-electron chi connectivity index (χ1n) is 6.34. The van der Waals surface area contributed by atoms with Gasteiger partial charge in [-0.1, -0.05) is 15.9 Å². The molecule has 1 fully saturated rings. The highest BCUT2D eigenvalue weighted by Gasteiger charge is 2.18. The van der Waals surface area contributed by atoms with Gasteiger partial charge < -0.3 is 10.5 Å². The molecule has 2 rings (SSSR count). The quantitative estimate of drug-likeness (QED) is 0.750. The van der Waals surface area contributed by atoms with Gasteiger partial charge in [0.25, 0.3) is 0 Å². The van der Waals surface area contributed by atoms with Gasteiger partial charge in [0.2, 0.25) is 10.0 Å². The van der Waals surface area contributed by atoms with Crippen molar-refractivity contribution in [2.45, 2.75) is 4.90 Å². The van der Waals surface area contributed by atoms with Crippen molar-refractivity contribution in [3.63, 3.8) is 0 Å². The second-order valence-corrected chi connectivity index (χ2v) is 7.18. The molecule has 0 bridgehead atoms. The molecule has 1 heterocycles. The summed E-state index contributed by atoms with van der Waals surface area (Å²) < 4.78 is 32.9. The summed E-state index contributed by atoms with van der Waals surface area (Å²) in [5.74, 6) is 0. The summed E-state index contributed by atoms with van der Waals surface area (Å²) >= 11 is 3.25. The summed E-state index contributed by atoms with van der Waals surface area (Å²) in [5.41, 5.74) is 5.98. The largest absolute Gasteiger partial charge is 0.398 e. The van der Waals surface area contributed by atoms with Gasteiger partial charge >= 0.3 is 0 Å². The number of nitrogen functional groups attached to an aromatic ring is 1. The lowest BCUT2D eigenvalue weighted by molar-refractivity contribution is 0.0390. The molecule has 3 N–H and O–H groups in total. The van der Waals surface area contributed by atoms with E-state index in [4.69, 9.17) is 10.5 Å². The standard InChI is InChI=1S/C12H18BrN3O3S/c13-10-1-2-12(11(14)9-10)20(17,18)15-3-4-16-5-7-19-8-6-16/h1-2,9,15H,3-8,14H2. The predicted octanol–water partition coefficient (Wildman–Crippen LogP) is 0.642. The molecule has 0 saturated carbocycles. The Morgan fingerprint density at radius 1 is 1.35 bits per heavy atom. The number of nitrogens with two attached hydrogens (primary N) is 1. The van der Waals surface area contributed by atoms with E-state index < -0.39 is 10.0 Å². The summed E-state index contributed by atoms with van der Waals surface area (Å²) in [6.07, 6.45) is 0. The molecule has 0 atom stereocenters. The molecule has 20 heavy (non-hydrogen) atoms. The Morgan fingerprint density at radius 3 is 2.70 bits per heavy atom. The number of ether oxygens (including phenoxy) is 1. The highest BCUT2D eigenvalue weighted by molar-refractivity contribution is 9.10. The highest BCUT2D eigenvalue weighted by Crippen LogP contribution is 2.22. The Hall–Kier alpha value is -0.670. The SMILES string of the molecule is Nc1cc(Br)ccc1S(=O)(=O)NCCN1CCOCC1. The van der Waals surface area contributed by atoms with E-state index in [0.717, 1.165) is 17.6 Å². The maximum Gasteiger partial charge on any atom is 0.242 e. The molecule has 0 aromatic heterocycles. The summed E-state index contributed by atoms with van der Waals surface area (Å²) in [7, 11) is -3.56. The van der Waals surface area contributed by atoms with Gasteiger partial charge in [-0.3, -0.25) is 4.90 Å². The summed E-state index contributed by atoms with van der Waals surface area (Å²) in [6, 6.07) is 4.74. The van der Waals surface area contributed by atoms with Gasteiger partial charge in [0, 0.05) is 30.7 Å². The number of nitrogens with one attached hydrogen (secondary N) is 1. The molecule has 1 aromatic rings. The number of hydrogen-bond donors (Lipinski definition) is 2. The number of halogens is 1. The molecule has 1 aliphatic heterocycles. The molecular weight excluding hydrogens is 346 g/mol. The number of anilines is 1. The van der Waals surface area contributed by atoms with Gasteiger partial charge in [0.1, 0.15) is 4.90 Å². The van der Waals surface area contributed by atoms with E-state index in [2.05, 4.69) is 25.6 Å². The fourth-order valence-electron chi connectivity index (χ4n) is 2.00. The molecule has 0 unspecified atom stereocenters. The lowest BCUT2D eigenvalue weighted by Crippen LogP contribution is -2.41. The van der Waals surface area contributed by atoms with Crippen LogP contribution in [0.3, 0.4) is 0 Å². The highest BCUT2D eigenvalue weighted by atomic mass is 79.9. The number of morpholine rings is 1. The van der Waals surface area contributed by atoms with Gasteiger partial charge in [-0.05, 0) is 18.2 Å². The zero-order valence-electron chi connectivity index (χ0n) is 11.0. The van der Waals surface area contributed by atoms with Gasteiger partial charge in [-0.15, -0.1) is 0 Å². The molecule has 112 valence electrons. The summed E-state index contributed by atoms with van der Waals surface area (Å²) in [4.78, 5) is 2.28. The van der Waals surface area contributed by atoms with E-state index in [1.807, 2.05) is 0 Å². The fraction of sp³-hybridized carbons (Fsp3) is 0.500. The number of nitrogens with zero attached hydrogens (tertiary/aromatic N) is 1. The Balaban J connectivity index is 1.93. The lowest BCUT2D eigenvalue weighted by atomic mass is 10.3. The zero-order valence-corrected chi connectivity index (χ0v) is 13.4. The molecular formula is C12H18BrN3O3S. The van der Waals surface area contributed by atoms with Crippen molar-refractivity contribution in [3.8, 4) is 0 Å². The Bertz CT molecular complexity index is 559. The van der Waals surface area contributed by atoms with Gasteiger partial charge in [0.05, 0.1) is 18.9 Å². The Kier molecular flexibility index (Phi) is 5.39. The smallest absolute Gasteiger partial charge is 0.242 e. The minimum Gasteiger partial charge on any atom is -0.398 e. The second-order valence-electron chi connectivity index (χ2n) is 4.53. The average Bonchev–Trinajstić information content (AvgIpc) is 2.39. The van der Waals surface area contributed by atoms with Crippen LogP contribution in [0.25, 0.3) is 0 Å². The molecule has 0 spiro atoms. The van der Waals surface area contributed by atoms with E-state index >= 15 is 0 Å². The van der Waals surface area contributed by atoms with Crippen LogP contribution in [-0.2, 0) is 14.8 Å². The number of hydrogen-bond acceptors (Lipinski definition) is 5. The van der Waals surface area contributed by atoms with Gasteiger partial charge in [-0.25, -0.2) is 13.1 Å². The second kappa shape index (κ2) is 6.86. The monoisotopic (exact) mass is 363 g/mol. The first-order chi connectivity index (χ1) is 9.49. The van der Waals surface area contributed by atoms with Crippen molar-refractivity contribution in [2.75, 3.05) is 45.1 Å². The molecule has 0 radical (unpaired) electrons. The third-order valence-electron chi connectivity index (χ3n) is 3.09. The number of rotatable bonds is 5. The average molecular weight is 364 g/mol. The van der Waals surface area contributed by atoms with Crippen molar-refractivity contribution in [3.05, 3.63) is 22.7 Å². The van der Waals surface area contributed by atoms with Crippen molar-refractivity contribution in [2.24, 2.45) is 0 Å². The van der Waals surface area contributed by atoms with Gasteiger partial charge in [0.15, 0.2) is 0 Å². The maximum absolute atomic E-state index is 12.2. The molecule has 1 aliphatic rings. The van der Waals surface area contributed by atoms with Crippen LogP contribution in [0.15, 0.2) is 27.6 Å². The van der Waals surface area contributed by atoms with Crippen LogP contribution in [0.4, 0.5) is 5.69 Å². The maximum atomic E-state index is 12.2. The van der Waals surface area contributed by atoms with Crippen molar-refractivity contribution in [1.82, 2.24) is 9.62 Å². The van der Waals surface area contributed by atoms with Crippen LogP contribution >= 0.6 is 15.9 Å². The minimum atomic E-state index is -3.56. The van der Waals surface area contributed by atoms with Crippen LogP contribution in [0.1, 0.15) is 0 Å². The molecule has 0 amide bonds. The predicted molar refractivity (Wildman–Crippen MR) is 81.0 cm³/mol. The Morgan fingerprint density at radius 2 is 2.05 bits per heavy atom. The summed E-state index contributed by atoms with van der Waals surface area (Å²) in [5, 5.41) is 0. The van der Waals surface area contributed by atoms with Crippen LogP contribution in [0, 0.1) is 0 Å². The minimum absolute atomic E-state index is 0.114. The zero-order chi connectivity index (χ0) is 14.6. The van der Waals surface area contributed by atoms with E-state index in [0.29, 0.717) is 26.3 Å². The van der Waals surface area contributed by atoms with Crippen LogP contribution in [0.5, 0.6) is 0 Å².